The number of nitrogens with one attached hydrogen (secondary N) is 1. The van der Waals surface area contributed by atoms with Crippen LogP contribution in [0.2, 0.25) is 0 Å². The highest BCUT2D eigenvalue weighted by atomic mass is 15.3. The Morgan fingerprint density at radius 3 is 2.83 bits per heavy atom. The highest BCUT2D eigenvalue weighted by molar-refractivity contribution is 5.64. The zero-order valence-electron chi connectivity index (χ0n) is 11.9. The van der Waals surface area contributed by atoms with Crippen LogP contribution in [0.3, 0.4) is 0 Å². The molecule has 4 nitrogen and oxygen atoms in total. The molecule has 0 amide bonds. The van der Waals surface area contributed by atoms with Gasteiger partial charge in [0.2, 0.25) is 0 Å². The third kappa shape index (κ3) is 2.98. The average molecular weight is 250 g/mol. The van der Waals surface area contributed by atoms with Gasteiger partial charge in [-0.2, -0.15) is 5.10 Å². The molecule has 1 saturated carbocycles. The minimum absolute atomic E-state index is 0.787. The maximum atomic E-state index is 6.00. The summed E-state index contributed by atoms with van der Waals surface area (Å²) in [6.45, 7) is 5.33. The number of aryl methyl sites for hydroxylation is 2. The molecule has 2 rings (SSSR count). The normalized spacial score (nSPS) is 24.2. The fraction of sp³-hybridized carbons (Fsp3) is 0.786. The first-order chi connectivity index (χ1) is 8.58. The molecule has 1 aromatic heterocycles. The predicted octanol–water partition coefficient (Wildman–Crippen LogP) is 2.94. The van der Waals surface area contributed by atoms with E-state index in [2.05, 4.69) is 17.3 Å². The average Bonchev–Trinajstić information content (AvgIpc) is 2.56. The molecule has 18 heavy (non-hydrogen) atoms. The van der Waals surface area contributed by atoms with Crippen molar-refractivity contribution in [3.05, 3.63) is 5.69 Å². The first-order valence-electron chi connectivity index (χ1n) is 7.11. The molecule has 3 N–H and O–H groups in total. The first kappa shape index (κ1) is 13.2. The van der Waals surface area contributed by atoms with Gasteiger partial charge >= 0.3 is 0 Å². The molecule has 0 aliphatic heterocycles. The Labute approximate surface area is 110 Å². The van der Waals surface area contributed by atoms with Gasteiger partial charge < -0.3 is 11.1 Å². The molecule has 2 atom stereocenters. The largest absolute Gasteiger partial charge is 0.394 e. The molecule has 1 heterocycles. The molecule has 0 saturated heterocycles. The second-order valence-electron chi connectivity index (χ2n) is 5.82. The van der Waals surface area contributed by atoms with Crippen molar-refractivity contribution in [1.82, 2.24) is 9.78 Å². The van der Waals surface area contributed by atoms with Crippen LogP contribution in [0.25, 0.3) is 0 Å². The Kier molecular flexibility index (Phi) is 4.15. The van der Waals surface area contributed by atoms with E-state index in [-0.39, 0.29) is 0 Å². The van der Waals surface area contributed by atoms with E-state index in [1.54, 1.807) is 0 Å². The summed E-state index contributed by atoms with van der Waals surface area (Å²) in [6.07, 6.45) is 6.85. The summed E-state index contributed by atoms with van der Waals surface area (Å²) < 4.78 is 1.84. The molecule has 0 bridgehead atoms. The van der Waals surface area contributed by atoms with E-state index < -0.39 is 0 Å². The van der Waals surface area contributed by atoms with Crippen molar-refractivity contribution in [2.75, 3.05) is 17.6 Å². The van der Waals surface area contributed by atoms with Gasteiger partial charge in [0, 0.05) is 13.6 Å². The molecule has 4 heteroatoms. The minimum Gasteiger partial charge on any atom is -0.394 e. The third-order valence-corrected chi connectivity index (χ3v) is 4.16. The summed E-state index contributed by atoms with van der Waals surface area (Å²) in [5.41, 5.74) is 7.69. The van der Waals surface area contributed by atoms with E-state index in [0.717, 1.165) is 35.6 Å². The van der Waals surface area contributed by atoms with Crippen molar-refractivity contribution in [2.45, 2.75) is 46.0 Å². The van der Waals surface area contributed by atoms with Gasteiger partial charge in [-0.15, -0.1) is 0 Å². The van der Waals surface area contributed by atoms with E-state index in [4.69, 9.17) is 5.73 Å². The number of rotatable bonds is 4. The first-order valence-corrected chi connectivity index (χ1v) is 7.11. The summed E-state index contributed by atoms with van der Waals surface area (Å²) >= 11 is 0. The van der Waals surface area contributed by atoms with Gasteiger partial charge in [0.15, 0.2) is 0 Å². The van der Waals surface area contributed by atoms with E-state index >= 15 is 0 Å². The molecular weight excluding hydrogens is 224 g/mol. The monoisotopic (exact) mass is 250 g/mol. The van der Waals surface area contributed by atoms with Crippen LogP contribution < -0.4 is 11.1 Å². The molecule has 1 fully saturated rings. The summed E-state index contributed by atoms with van der Waals surface area (Å²) in [5, 5.41) is 7.76. The Morgan fingerprint density at radius 2 is 2.22 bits per heavy atom. The van der Waals surface area contributed by atoms with Crippen LogP contribution in [-0.4, -0.2) is 16.3 Å². The molecule has 1 aliphatic carbocycles. The van der Waals surface area contributed by atoms with Crippen LogP contribution in [0, 0.1) is 18.8 Å². The molecule has 1 aromatic rings. The van der Waals surface area contributed by atoms with Crippen LogP contribution >= 0.6 is 0 Å². The van der Waals surface area contributed by atoms with E-state index in [1.807, 2.05) is 18.7 Å². The number of nitrogen functional groups attached to an aromatic ring is 1. The molecule has 1 aliphatic rings. The summed E-state index contributed by atoms with van der Waals surface area (Å²) in [5.74, 6) is 2.76. The number of nitrogens with two attached hydrogens (primary N) is 1. The zero-order valence-corrected chi connectivity index (χ0v) is 11.9. The van der Waals surface area contributed by atoms with Crippen LogP contribution in [0.5, 0.6) is 0 Å². The number of anilines is 2. The van der Waals surface area contributed by atoms with Gasteiger partial charge in [0.1, 0.15) is 5.82 Å². The number of hydrogen-bond acceptors (Lipinski definition) is 3. The Morgan fingerprint density at radius 1 is 1.44 bits per heavy atom. The second kappa shape index (κ2) is 5.63. The molecule has 102 valence electrons. The van der Waals surface area contributed by atoms with Gasteiger partial charge in [0.25, 0.3) is 0 Å². The van der Waals surface area contributed by atoms with Crippen molar-refractivity contribution >= 4 is 11.5 Å². The number of aromatic nitrogens is 2. The van der Waals surface area contributed by atoms with Gasteiger partial charge in [-0.3, -0.25) is 4.68 Å². The van der Waals surface area contributed by atoms with Crippen molar-refractivity contribution in [1.29, 1.82) is 0 Å². The fourth-order valence-corrected chi connectivity index (χ4v) is 3.10. The standard InChI is InChI=1S/C14H26N4/c1-10-5-4-6-12(9-10)7-8-16-14-13(15)11(2)17-18(14)3/h10,12,16H,4-9,15H2,1-3H3. The summed E-state index contributed by atoms with van der Waals surface area (Å²) in [7, 11) is 1.94. The lowest BCUT2D eigenvalue weighted by Gasteiger charge is -2.26. The molecule has 0 aromatic carbocycles. The van der Waals surface area contributed by atoms with Gasteiger partial charge in [-0.1, -0.05) is 26.2 Å². The van der Waals surface area contributed by atoms with Crippen molar-refractivity contribution < 1.29 is 0 Å². The quantitative estimate of drug-likeness (QED) is 0.864. The molecular formula is C14H26N4. The SMILES string of the molecule is Cc1nn(C)c(NCCC2CCCC(C)C2)c1N. The van der Waals surface area contributed by atoms with Crippen molar-refractivity contribution in [3.63, 3.8) is 0 Å². The second-order valence-corrected chi connectivity index (χ2v) is 5.82. The smallest absolute Gasteiger partial charge is 0.147 e. The molecule has 2 unspecified atom stereocenters. The molecule has 0 spiro atoms. The summed E-state index contributed by atoms with van der Waals surface area (Å²) in [6, 6.07) is 0. The van der Waals surface area contributed by atoms with E-state index in [1.165, 1.54) is 32.1 Å². The minimum atomic E-state index is 0.787. The lowest BCUT2D eigenvalue weighted by atomic mass is 9.81. The van der Waals surface area contributed by atoms with Crippen LogP contribution in [-0.2, 0) is 7.05 Å². The van der Waals surface area contributed by atoms with Crippen LogP contribution in [0.15, 0.2) is 0 Å². The number of hydrogen-bond donors (Lipinski definition) is 2. The lowest BCUT2D eigenvalue weighted by Crippen LogP contribution is -2.17. The van der Waals surface area contributed by atoms with Crippen LogP contribution in [0.1, 0.15) is 44.7 Å². The maximum absolute atomic E-state index is 6.00. The highest BCUT2D eigenvalue weighted by Gasteiger charge is 2.18. The van der Waals surface area contributed by atoms with Gasteiger partial charge in [-0.25, -0.2) is 0 Å². The fourth-order valence-electron chi connectivity index (χ4n) is 3.10. The van der Waals surface area contributed by atoms with Crippen molar-refractivity contribution in [3.8, 4) is 0 Å². The Bertz CT molecular complexity index is 397. The maximum Gasteiger partial charge on any atom is 0.147 e. The van der Waals surface area contributed by atoms with Crippen molar-refractivity contribution in [2.24, 2.45) is 18.9 Å². The molecule has 0 radical (unpaired) electrons. The lowest BCUT2D eigenvalue weighted by molar-refractivity contribution is 0.274. The third-order valence-electron chi connectivity index (χ3n) is 4.16. The van der Waals surface area contributed by atoms with Crippen LogP contribution in [0.4, 0.5) is 11.5 Å². The topological polar surface area (TPSA) is 55.9 Å². The predicted molar refractivity (Wildman–Crippen MR) is 76.6 cm³/mol. The van der Waals surface area contributed by atoms with Gasteiger partial charge in [-0.05, 0) is 31.6 Å². The number of nitrogens with zero attached hydrogens (tertiary/aromatic N) is 2. The van der Waals surface area contributed by atoms with E-state index in [0.29, 0.717) is 0 Å². The summed E-state index contributed by atoms with van der Waals surface area (Å²) in [4.78, 5) is 0. The van der Waals surface area contributed by atoms with E-state index in [9.17, 15) is 0 Å². The zero-order chi connectivity index (χ0) is 13.1. The Balaban J connectivity index is 1.81. The highest BCUT2D eigenvalue weighted by Crippen LogP contribution is 2.30. The Hall–Kier alpha value is -1.19. The van der Waals surface area contributed by atoms with Gasteiger partial charge in [0.05, 0.1) is 11.4 Å².